The van der Waals surface area contributed by atoms with Gasteiger partial charge in [0, 0.05) is 5.56 Å². The van der Waals surface area contributed by atoms with Crippen LogP contribution < -0.4 is 4.74 Å². The van der Waals surface area contributed by atoms with Gasteiger partial charge in [0.2, 0.25) is 0 Å². The van der Waals surface area contributed by atoms with Gasteiger partial charge in [-0.2, -0.15) is 0 Å². The first-order valence-electron chi connectivity index (χ1n) is 6.56. The molecular weight excluding hydrogens is 270 g/mol. The van der Waals surface area contributed by atoms with Crippen molar-refractivity contribution in [2.75, 3.05) is 0 Å². The summed E-state index contributed by atoms with van der Waals surface area (Å²) in [4.78, 5) is 10.6. The van der Waals surface area contributed by atoms with Crippen LogP contribution in [-0.2, 0) is 6.61 Å². The molecule has 5 heteroatoms. The number of aliphatic hydroxyl groups is 1. The maximum absolute atomic E-state index is 11.0. The molecular formula is C16H17NO4. The maximum atomic E-state index is 11.0. The molecule has 0 atom stereocenters. The minimum Gasteiger partial charge on any atom is -0.457 e. The smallest absolute Gasteiger partial charge is 0.276 e. The third-order valence-corrected chi connectivity index (χ3v) is 3.33. The van der Waals surface area contributed by atoms with Crippen LogP contribution in [0.25, 0.3) is 0 Å². The van der Waals surface area contributed by atoms with Crippen LogP contribution in [0.15, 0.2) is 30.3 Å². The molecule has 0 saturated carbocycles. The Bertz CT molecular complexity index is 695. The Hall–Kier alpha value is -2.40. The molecule has 5 nitrogen and oxygen atoms in total. The standard InChI is InChI=1S/C16H17NO4/c1-10-6-11(2)16(8-14(10)17(19)20)21-15-5-4-13(9-18)7-12(15)3/h4-8,18H,9H2,1-3H3. The summed E-state index contributed by atoms with van der Waals surface area (Å²) in [5.74, 6) is 1.08. The van der Waals surface area contributed by atoms with Crippen molar-refractivity contribution >= 4 is 5.69 Å². The van der Waals surface area contributed by atoms with Crippen molar-refractivity contribution in [3.63, 3.8) is 0 Å². The van der Waals surface area contributed by atoms with Crippen LogP contribution in [-0.4, -0.2) is 10.0 Å². The van der Waals surface area contributed by atoms with Gasteiger partial charge in [0.05, 0.1) is 17.6 Å². The number of benzene rings is 2. The van der Waals surface area contributed by atoms with Gasteiger partial charge in [0.25, 0.3) is 5.69 Å². The van der Waals surface area contributed by atoms with Gasteiger partial charge in [0.15, 0.2) is 0 Å². The SMILES string of the molecule is Cc1cc(CO)ccc1Oc1cc([N+](=O)[O-])c(C)cc1C. The van der Waals surface area contributed by atoms with E-state index < -0.39 is 4.92 Å². The lowest BCUT2D eigenvalue weighted by molar-refractivity contribution is -0.385. The normalized spacial score (nSPS) is 10.5. The lowest BCUT2D eigenvalue weighted by Gasteiger charge is -2.12. The molecule has 0 fully saturated rings. The van der Waals surface area contributed by atoms with Gasteiger partial charge in [-0.3, -0.25) is 10.1 Å². The molecule has 0 spiro atoms. The monoisotopic (exact) mass is 287 g/mol. The summed E-state index contributed by atoms with van der Waals surface area (Å²) in [5.41, 5.74) is 3.15. The van der Waals surface area contributed by atoms with Crippen LogP contribution in [0.1, 0.15) is 22.3 Å². The summed E-state index contributed by atoms with van der Waals surface area (Å²) in [6.45, 7) is 5.39. The number of nitro groups is 1. The second-order valence-electron chi connectivity index (χ2n) is 5.02. The zero-order valence-corrected chi connectivity index (χ0v) is 12.2. The first-order chi connectivity index (χ1) is 9.92. The minimum atomic E-state index is -0.413. The quantitative estimate of drug-likeness (QED) is 0.685. The zero-order chi connectivity index (χ0) is 15.6. The van der Waals surface area contributed by atoms with Crippen LogP contribution in [0.3, 0.4) is 0 Å². The van der Waals surface area contributed by atoms with E-state index in [1.807, 2.05) is 19.9 Å². The van der Waals surface area contributed by atoms with E-state index in [1.165, 1.54) is 6.07 Å². The first kappa shape index (κ1) is 15.0. The molecule has 0 aliphatic carbocycles. The fourth-order valence-electron chi connectivity index (χ4n) is 2.17. The van der Waals surface area contributed by atoms with Crippen molar-refractivity contribution in [2.24, 2.45) is 0 Å². The van der Waals surface area contributed by atoms with Crippen LogP contribution in [0, 0.1) is 30.9 Å². The summed E-state index contributed by atoms with van der Waals surface area (Å²) < 4.78 is 5.80. The number of hydrogen-bond acceptors (Lipinski definition) is 4. The molecule has 2 rings (SSSR count). The Labute approximate surface area is 123 Å². The molecule has 0 aliphatic heterocycles. The second-order valence-corrected chi connectivity index (χ2v) is 5.02. The van der Waals surface area contributed by atoms with Crippen LogP contribution in [0.4, 0.5) is 5.69 Å². The van der Waals surface area contributed by atoms with Crippen LogP contribution >= 0.6 is 0 Å². The second kappa shape index (κ2) is 5.93. The molecule has 0 saturated heterocycles. The number of rotatable bonds is 4. The molecule has 0 radical (unpaired) electrons. The molecule has 110 valence electrons. The third-order valence-electron chi connectivity index (χ3n) is 3.33. The Morgan fingerprint density at radius 1 is 1.05 bits per heavy atom. The molecule has 21 heavy (non-hydrogen) atoms. The topological polar surface area (TPSA) is 72.6 Å². The Morgan fingerprint density at radius 3 is 2.29 bits per heavy atom. The van der Waals surface area contributed by atoms with E-state index in [9.17, 15) is 10.1 Å². The Kier molecular flexibility index (Phi) is 4.23. The van der Waals surface area contributed by atoms with Crippen LogP contribution in [0.5, 0.6) is 11.5 Å². The van der Waals surface area contributed by atoms with Gasteiger partial charge in [-0.1, -0.05) is 12.1 Å². The highest BCUT2D eigenvalue weighted by atomic mass is 16.6. The number of ether oxygens (including phenoxy) is 1. The molecule has 2 aromatic carbocycles. The van der Waals surface area contributed by atoms with E-state index in [1.54, 1.807) is 25.1 Å². The summed E-state index contributed by atoms with van der Waals surface area (Å²) in [5, 5.41) is 20.1. The van der Waals surface area contributed by atoms with Crippen LogP contribution in [0.2, 0.25) is 0 Å². The lowest BCUT2D eigenvalue weighted by Crippen LogP contribution is -1.96. The van der Waals surface area contributed by atoms with E-state index in [4.69, 9.17) is 9.84 Å². The fourth-order valence-corrected chi connectivity index (χ4v) is 2.17. The van der Waals surface area contributed by atoms with Crippen molar-refractivity contribution in [3.05, 3.63) is 62.7 Å². The number of nitrogens with zero attached hydrogens (tertiary/aromatic N) is 1. The fraction of sp³-hybridized carbons (Fsp3) is 0.250. The van der Waals surface area contributed by atoms with Crippen molar-refractivity contribution in [3.8, 4) is 11.5 Å². The van der Waals surface area contributed by atoms with Gasteiger partial charge >= 0.3 is 0 Å². The summed E-state index contributed by atoms with van der Waals surface area (Å²) in [7, 11) is 0. The number of nitro benzene ring substituents is 1. The van der Waals surface area contributed by atoms with Crippen molar-refractivity contribution in [1.29, 1.82) is 0 Å². The summed E-state index contributed by atoms with van der Waals surface area (Å²) in [6, 6.07) is 8.54. The molecule has 2 aromatic rings. The van der Waals surface area contributed by atoms with Gasteiger partial charge in [-0.25, -0.2) is 0 Å². The van der Waals surface area contributed by atoms with Crippen molar-refractivity contribution < 1.29 is 14.8 Å². The minimum absolute atomic E-state index is 0.0316. The highest BCUT2D eigenvalue weighted by Gasteiger charge is 2.15. The average Bonchev–Trinajstić information content (AvgIpc) is 2.43. The number of aryl methyl sites for hydroxylation is 3. The van der Waals surface area contributed by atoms with Gasteiger partial charge < -0.3 is 9.84 Å². The van der Waals surface area contributed by atoms with Gasteiger partial charge in [0.1, 0.15) is 11.5 Å². The molecule has 0 bridgehead atoms. The van der Waals surface area contributed by atoms with E-state index in [-0.39, 0.29) is 12.3 Å². The van der Waals surface area contributed by atoms with E-state index in [0.29, 0.717) is 17.1 Å². The van der Waals surface area contributed by atoms with Crippen molar-refractivity contribution in [2.45, 2.75) is 27.4 Å². The highest BCUT2D eigenvalue weighted by molar-refractivity contribution is 5.51. The summed E-state index contributed by atoms with van der Waals surface area (Å²) >= 11 is 0. The number of aliphatic hydroxyl groups excluding tert-OH is 1. The molecule has 0 aliphatic rings. The van der Waals surface area contributed by atoms with E-state index in [0.717, 1.165) is 16.7 Å². The highest BCUT2D eigenvalue weighted by Crippen LogP contribution is 2.33. The lowest BCUT2D eigenvalue weighted by atomic mass is 10.1. The average molecular weight is 287 g/mol. The third kappa shape index (κ3) is 3.20. The molecule has 0 unspecified atom stereocenters. The predicted octanol–water partition coefficient (Wildman–Crippen LogP) is 3.80. The van der Waals surface area contributed by atoms with E-state index in [2.05, 4.69) is 0 Å². The largest absolute Gasteiger partial charge is 0.457 e. The van der Waals surface area contributed by atoms with E-state index >= 15 is 0 Å². The molecule has 1 N–H and O–H groups in total. The maximum Gasteiger partial charge on any atom is 0.276 e. The Morgan fingerprint density at radius 2 is 1.71 bits per heavy atom. The van der Waals surface area contributed by atoms with Crippen molar-refractivity contribution in [1.82, 2.24) is 0 Å². The Balaban J connectivity index is 2.39. The van der Waals surface area contributed by atoms with Gasteiger partial charge in [-0.05, 0) is 49.6 Å². The molecule has 0 heterocycles. The molecule has 0 aromatic heterocycles. The van der Waals surface area contributed by atoms with Gasteiger partial charge in [-0.15, -0.1) is 0 Å². The molecule has 0 amide bonds. The summed E-state index contributed by atoms with van der Waals surface area (Å²) in [6.07, 6.45) is 0. The predicted molar refractivity (Wildman–Crippen MR) is 79.7 cm³/mol. The number of hydrogen-bond donors (Lipinski definition) is 1. The first-order valence-corrected chi connectivity index (χ1v) is 6.56. The zero-order valence-electron chi connectivity index (χ0n) is 12.2.